The first kappa shape index (κ1) is 14.9. The van der Waals surface area contributed by atoms with E-state index in [0.29, 0.717) is 24.1 Å². The summed E-state index contributed by atoms with van der Waals surface area (Å²) < 4.78 is 0. The summed E-state index contributed by atoms with van der Waals surface area (Å²) >= 11 is 0. The fourth-order valence-electron chi connectivity index (χ4n) is 4.15. The number of primary amides is 1. The highest BCUT2D eigenvalue weighted by atomic mass is 16.2. The molecule has 1 aromatic carbocycles. The molecule has 1 atom stereocenters. The van der Waals surface area contributed by atoms with E-state index >= 15 is 0 Å². The number of carbonyl (C=O) groups excluding carboxylic acids is 2. The molecule has 6 nitrogen and oxygen atoms in total. The number of hydrogen-bond acceptors (Lipinski definition) is 4. The Kier molecular flexibility index (Phi) is 3.59. The molecule has 0 spiro atoms. The highest BCUT2D eigenvalue weighted by Gasteiger charge is 2.39. The van der Waals surface area contributed by atoms with Gasteiger partial charge in [0, 0.05) is 25.1 Å². The van der Waals surface area contributed by atoms with Crippen molar-refractivity contribution in [3.8, 4) is 0 Å². The van der Waals surface area contributed by atoms with E-state index in [1.54, 1.807) is 0 Å². The number of hydrazone groups is 1. The highest BCUT2D eigenvalue weighted by Crippen LogP contribution is 2.43. The Morgan fingerprint density at radius 3 is 2.92 bits per heavy atom. The van der Waals surface area contributed by atoms with Gasteiger partial charge in [-0.3, -0.25) is 4.79 Å². The average molecular weight is 324 g/mol. The molecule has 1 aliphatic carbocycles. The number of hydrogen-bond donors (Lipinski definition) is 2. The first-order valence-electron chi connectivity index (χ1n) is 8.38. The molecule has 24 heavy (non-hydrogen) atoms. The van der Waals surface area contributed by atoms with Gasteiger partial charge in [0.05, 0.1) is 17.3 Å². The first-order valence-corrected chi connectivity index (χ1v) is 8.38. The number of carbonyl (C=O) groups is 2. The fraction of sp³-hybridized carbons (Fsp3) is 0.389. The number of amides is 2. The minimum absolute atomic E-state index is 0.124. The summed E-state index contributed by atoms with van der Waals surface area (Å²) in [6, 6.07) is 7.90. The lowest BCUT2D eigenvalue weighted by Crippen LogP contribution is -2.43. The molecule has 3 N–H and O–H groups in total. The average Bonchev–Trinajstić information content (AvgIpc) is 2.59. The van der Waals surface area contributed by atoms with Crippen LogP contribution in [0.15, 0.2) is 40.6 Å². The molecule has 0 radical (unpaired) electrons. The second-order valence-electron chi connectivity index (χ2n) is 6.50. The molecule has 0 saturated heterocycles. The van der Waals surface area contributed by atoms with Gasteiger partial charge < -0.3 is 10.6 Å². The maximum absolute atomic E-state index is 12.5. The Labute approximate surface area is 140 Å². The quantitative estimate of drug-likeness (QED) is 0.775. The van der Waals surface area contributed by atoms with Crippen molar-refractivity contribution >= 4 is 17.5 Å². The van der Waals surface area contributed by atoms with Crippen LogP contribution in [0.25, 0.3) is 0 Å². The molecule has 0 fully saturated rings. The summed E-state index contributed by atoms with van der Waals surface area (Å²) in [6.07, 6.45) is 3.91. The van der Waals surface area contributed by atoms with Crippen molar-refractivity contribution < 1.29 is 9.59 Å². The van der Waals surface area contributed by atoms with E-state index in [1.807, 2.05) is 0 Å². The van der Waals surface area contributed by atoms with Crippen LogP contribution in [-0.2, 0) is 11.2 Å². The third-order valence-electron chi connectivity index (χ3n) is 5.12. The van der Waals surface area contributed by atoms with Gasteiger partial charge in [0.25, 0.3) is 0 Å². The highest BCUT2D eigenvalue weighted by molar-refractivity contribution is 6.24. The van der Waals surface area contributed by atoms with Gasteiger partial charge in [-0.25, -0.2) is 10.2 Å². The van der Waals surface area contributed by atoms with Crippen LogP contribution >= 0.6 is 0 Å². The number of allylic oxidation sites excluding steroid dienone is 2. The first-order chi connectivity index (χ1) is 11.6. The van der Waals surface area contributed by atoms with Crippen LogP contribution in [0.3, 0.4) is 0 Å². The van der Waals surface area contributed by atoms with Gasteiger partial charge in [-0.2, -0.15) is 5.10 Å². The molecule has 124 valence electrons. The molecule has 0 aromatic heterocycles. The Morgan fingerprint density at radius 1 is 1.25 bits per heavy atom. The van der Waals surface area contributed by atoms with Gasteiger partial charge in [-0.05, 0) is 30.4 Å². The molecule has 2 amide bonds. The Morgan fingerprint density at radius 2 is 2.08 bits per heavy atom. The number of fused-ring (bicyclic) bond motifs is 4. The van der Waals surface area contributed by atoms with Gasteiger partial charge in [-0.15, -0.1) is 0 Å². The monoisotopic (exact) mass is 324 g/mol. The van der Waals surface area contributed by atoms with Gasteiger partial charge in [-0.1, -0.05) is 24.3 Å². The van der Waals surface area contributed by atoms with Crippen LogP contribution in [0.1, 0.15) is 42.9 Å². The summed E-state index contributed by atoms with van der Waals surface area (Å²) in [5.41, 5.74) is 12.6. The predicted molar refractivity (Wildman–Crippen MR) is 90.2 cm³/mol. The molecule has 2 heterocycles. The van der Waals surface area contributed by atoms with E-state index in [0.717, 1.165) is 31.5 Å². The van der Waals surface area contributed by atoms with Gasteiger partial charge in [0.2, 0.25) is 0 Å². The lowest BCUT2D eigenvalue weighted by atomic mass is 9.79. The Bertz CT molecular complexity index is 781. The maximum atomic E-state index is 12.5. The Hall–Kier alpha value is -2.63. The van der Waals surface area contributed by atoms with E-state index < -0.39 is 6.03 Å². The minimum atomic E-state index is -0.709. The normalized spacial score (nSPS) is 24.3. The summed E-state index contributed by atoms with van der Waals surface area (Å²) in [4.78, 5) is 25.9. The van der Waals surface area contributed by atoms with Crippen molar-refractivity contribution in [2.24, 2.45) is 10.8 Å². The summed E-state index contributed by atoms with van der Waals surface area (Å²) in [5, 5.41) is 4.17. The van der Waals surface area contributed by atoms with Crippen LogP contribution in [-0.4, -0.2) is 29.0 Å². The lowest BCUT2D eigenvalue weighted by molar-refractivity contribution is -0.115. The number of nitrogens with one attached hydrogen (secondary N) is 1. The number of ketones is 1. The summed E-state index contributed by atoms with van der Waals surface area (Å²) in [5.74, 6) is 0.124. The van der Waals surface area contributed by atoms with E-state index in [2.05, 4.69) is 39.7 Å². The molecule has 4 rings (SSSR count). The molecule has 6 heteroatoms. The molecule has 1 aromatic rings. The predicted octanol–water partition coefficient (Wildman–Crippen LogP) is 2.02. The molecule has 0 unspecified atom stereocenters. The third kappa shape index (κ3) is 2.38. The summed E-state index contributed by atoms with van der Waals surface area (Å²) in [7, 11) is 0. The molecule has 0 bridgehead atoms. The second kappa shape index (κ2) is 5.78. The SMILES string of the molecule is NC(=O)NN=C1C[C@@H]2c3ccccc3CCN2C2=C1C(=O)CCC2. The van der Waals surface area contributed by atoms with Crippen LogP contribution < -0.4 is 11.2 Å². The van der Waals surface area contributed by atoms with E-state index in [9.17, 15) is 9.59 Å². The number of nitrogens with zero attached hydrogens (tertiary/aromatic N) is 2. The second-order valence-corrected chi connectivity index (χ2v) is 6.50. The fourth-order valence-corrected chi connectivity index (χ4v) is 4.15. The summed E-state index contributed by atoms with van der Waals surface area (Å²) in [6.45, 7) is 0.921. The molecule has 2 aliphatic heterocycles. The van der Waals surface area contributed by atoms with E-state index in [1.165, 1.54) is 11.1 Å². The van der Waals surface area contributed by atoms with Crippen molar-refractivity contribution in [2.75, 3.05) is 6.54 Å². The molecule has 3 aliphatic rings. The smallest absolute Gasteiger partial charge is 0.332 e. The maximum Gasteiger partial charge on any atom is 0.332 e. The lowest BCUT2D eigenvalue weighted by Gasteiger charge is -2.45. The Balaban J connectivity index is 1.81. The van der Waals surface area contributed by atoms with Gasteiger partial charge in [0.15, 0.2) is 5.78 Å². The zero-order chi connectivity index (χ0) is 16.7. The zero-order valence-electron chi connectivity index (χ0n) is 13.4. The number of benzene rings is 1. The number of rotatable bonds is 1. The number of urea groups is 1. The largest absolute Gasteiger partial charge is 0.366 e. The van der Waals surface area contributed by atoms with Crippen molar-refractivity contribution in [2.45, 2.75) is 38.1 Å². The molecular formula is C18H20N4O2. The van der Waals surface area contributed by atoms with E-state index in [4.69, 9.17) is 5.73 Å². The van der Waals surface area contributed by atoms with Crippen LogP contribution in [0.2, 0.25) is 0 Å². The zero-order valence-corrected chi connectivity index (χ0v) is 13.4. The van der Waals surface area contributed by atoms with E-state index in [-0.39, 0.29) is 11.8 Å². The van der Waals surface area contributed by atoms with Crippen molar-refractivity contribution in [3.05, 3.63) is 46.7 Å². The van der Waals surface area contributed by atoms with Crippen molar-refractivity contribution in [1.82, 2.24) is 10.3 Å². The standard InChI is InChI=1S/C18H20N4O2/c19-18(24)21-20-13-10-15-12-5-2-1-4-11(12)8-9-22(15)14-6-3-7-16(23)17(13)14/h1-2,4-5,15H,3,6-10H2,(H3,19,21,24)/t15-/m1/s1. The van der Waals surface area contributed by atoms with Gasteiger partial charge in [0.1, 0.15) is 0 Å². The number of Topliss-reactive ketones (excluding diaryl/α,β-unsaturated/α-hetero) is 1. The van der Waals surface area contributed by atoms with Crippen LogP contribution in [0, 0.1) is 0 Å². The molecule has 0 saturated carbocycles. The van der Waals surface area contributed by atoms with Crippen molar-refractivity contribution in [3.63, 3.8) is 0 Å². The van der Waals surface area contributed by atoms with Gasteiger partial charge >= 0.3 is 6.03 Å². The van der Waals surface area contributed by atoms with Crippen molar-refractivity contribution in [1.29, 1.82) is 0 Å². The molecular weight excluding hydrogens is 304 g/mol. The number of nitrogens with two attached hydrogens (primary N) is 1. The topological polar surface area (TPSA) is 87.8 Å². The van der Waals surface area contributed by atoms with Crippen LogP contribution in [0.5, 0.6) is 0 Å². The van der Waals surface area contributed by atoms with Crippen LogP contribution in [0.4, 0.5) is 4.79 Å². The minimum Gasteiger partial charge on any atom is -0.366 e. The third-order valence-corrected chi connectivity index (χ3v) is 5.12.